The van der Waals surface area contributed by atoms with Gasteiger partial charge in [0.25, 0.3) is 0 Å². The molecule has 3 nitrogen and oxygen atoms in total. The second kappa shape index (κ2) is 3.64. The van der Waals surface area contributed by atoms with Crippen LogP contribution in [0.25, 0.3) is 11.0 Å². The molecule has 0 saturated carbocycles. The molecule has 1 aromatic heterocycles. The number of imidazole rings is 1. The molecule has 0 aliphatic carbocycles. The van der Waals surface area contributed by atoms with Crippen LogP contribution < -0.4 is 0 Å². The van der Waals surface area contributed by atoms with E-state index in [9.17, 15) is 13.2 Å². The van der Waals surface area contributed by atoms with Crippen LogP contribution in [0.3, 0.4) is 0 Å². The van der Waals surface area contributed by atoms with Crippen LogP contribution in [0.2, 0.25) is 5.02 Å². The second-order valence-electron chi connectivity index (χ2n) is 3.14. The summed E-state index contributed by atoms with van der Waals surface area (Å²) in [5.74, 6) is -1.13. The Morgan fingerprint density at radius 2 is 2.06 bits per heavy atom. The van der Waals surface area contributed by atoms with Crippen LogP contribution in [-0.4, -0.2) is 14.7 Å². The molecule has 1 heterocycles. The SMILES string of the molecule is OCn1c(C(F)(F)F)nc2ccc(Cl)cc21. The van der Waals surface area contributed by atoms with Gasteiger partial charge in [-0.05, 0) is 18.2 Å². The fourth-order valence-electron chi connectivity index (χ4n) is 1.46. The van der Waals surface area contributed by atoms with Crippen molar-refractivity contribution >= 4 is 22.6 Å². The van der Waals surface area contributed by atoms with Crippen molar-refractivity contribution in [1.82, 2.24) is 9.55 Å². The first-order valence-corrected chi connectivity index (χ1v) is 4.65. The fourth-order valence-corrected chi connectivity index (χ4v) is 1.62. The van der Waals surface area contributed by atoms with Crippen LogP contribution in [-0.2, 0) is 12.9 Å². The minimum absolute atomic E-state index is 0.144. The first-order chi connectivity index (χ1) is 7.43. The van der Waals surface area contributed by atoms with E-state index < -0.39 is 18.7 Å². The van der Waals surface area contributed by atoms with Gasteiger partial charge in [-0.15, -0.1) is 0 Å². The molecule has 0 spiro atoms. The predicted molar refractivity (Wildman–Crippen MR) is 52.0 cm³/mol. The number of halogens is 4. The van der Waals surface area contributed by atoms with Crippen LogP contribution in [0.5, 0.6) is 0 Å². The molecule has 0 atom stereocenters. The highest BCUT2D eigenvalue weighted by molar-refractivity contribution is 6.31. The standard InChI is InChI=1S/C9H6ClF3N2O/c10-5-1-2-6-7(3-5)15(4-16)8(14-6)9(11,12)13/h1-3,16H,4H2. The zero-order valence-electron chi connectivity index (χ0n) is 7.79. The third kappa shape index (κ3) is 1.74. The molecule has 1 aromatic carbocycles. The van der Waals surface area contributed by atoms with E-state index in [2.05, 4.69) is 4.98 Å². The lowest BCUT2D eigenvalue weighted by molar-refractivity contribution is -0.148. The van der Waals surface area contributed by atoms with E-state index in [0.29, 0.717) is 4.57 Å². The Hall–Kier alpha value is -1.27. The summed E-state index contributed by atoms with van der Waals surface area (Å²) in [4.78, 5) is 3.42. The topological polar surface area (TPSA) is 38.0 Å². The summed E-state index contributed by atoms with van der Waals surface area (Å²) in [5, 5.41) is 9.23. The van der Waals surface area contributed by atoms with Crippen molar-refractivity contribution in [2.75, 3.05) is 0 Å². The lowest BCUT2D eigenvalue weighted by Gasteiger charge is -2.07. The Balaban J connectivity index is 2.77. The highest BCUT2D eigenvalue weighted by atomic mass is 35.5. The third-order valence-electron chi connectivity index (χ3n) is 2.11. The molecular formula is C9H6ClF3N2O. The summed E-state index contributed by atoms with van der Waals surface area (Å²) in [7, 11) is 0. The van der Waals surface area contributed by atoms with E-state index in [4.69, 9.17) is 16.7 Å². The zero-order chi connectivity index (χ0) is 11.9. The third-order valence-corrected chi connectivity index (χ3v) is 2.34. The maximum absolute atomic E-state index is 12.5. The van der Waals surface area contributed by atoms with Gasteiger partial charge in [0.1, 0.15) is 6.73 Å². The Morgan fingerprint density at radius 3 is 2.62 bits per heavy atom. The number of hydrogen-bond donors (Lipinski definition) is 1. The molecular weight excluding hydrogens is 245 g/mol. The Kier molecular flexibility index (Phi) is 2.55. The van der Waals surface area contributed by atoms with Crippen molar-refractivity contribution in [3.8, 4) is 0 Å². The Morgan fingerprint density at radius 1 is 1.38 bits per heavy atom. The summed E-state index contributed by atoms with van der Waals surface area (Å²) < 4.78 is 38.3. The molecule has 0 amide bonds. The van der Waals surface area contributed by atoms with Crippen LogP contribution >= 0.6 is 11.6 Å². The molecule has 0 aliphatic heterocycles. The summed E-state index contributed by atoms with van der Waals surface area (Å²) in [6.07, 6.45) is -4.60. The van der Waals surface area contributed by atoms with Crippen molar-refractivity contribution in [2.24, 2.45) is 0 Å². The molecule has 0 aliphatic rings. The van der Waals surface area contributed by atoms with Gasteiger partial charge < -0.3 is 5.11 Å². The van der Waals surface area contributed by atoms with Crippen molar-refractivity contribution in [1.29, 1.82) is 0 Å². The van der Waals surface area contributed by atoms with Gasteiger partial charge in [-0.2, -0.15) is 13.2 Å². The minimum Gasteiger partial charge on any atom is -0.376 e. The van der Waals surface area contributed by atoms with Crippen LogP contribution in [0.15, 0.2) is 18.2 Å². The van der Waals surface area contributed by atoms with Gasteiger partial charge in [-0.25, -0.2) is 4.98 Å². The molecule has 2 rings (SSSR count). The maximum Gasteiger partial charge on any atom is 0.449 e. The molecule has 86 valence electrons. The van der Waals surface area contributed by atoms with Gasteiger partial charge in [0.15, 0.2) is 0 Å². The molecule has 0 unspecified atom stereocenters. The highest BCUT2D eigenvalue weighted by Gasteiger charge is 2.37. The molecule has 0 fully saturated rings. The van der Waals surface area contributed by atoms with Crippen LogP contribution in [0.4, 0.5) is 13.2 Å². The number of hydrogen-bond acceptors (Lipinski definition) is 2. The van der Waals surface area contributed by atoms with Crippen molar-refractivity contribution in [3.05, 3.63) is 29.0 Å². The molecule has 7 heteroatoms. The molecule has 16 heavy (non-hydrogen) atoms. The van der Waals surface area contributed by atoms with Crippen molar-refractivity contribution in [3.63, 3.8) is 0 Å². The van der Waals surface area contributed by atoms with Gasteiger partial charge in [0, 0.05) is 5.02 Å². The largest absolute Gasteiger partial charge is 0.449 e. The summed E-state index contributed by atoms with van der Waals surface area (Å²) >= 11 is 5.67. The monoisotopic (exact) mass is 250 g/mol. The molecule has 0 saturated heterocycles. The normalized spacial score (nSPS) is 12.3. The lowest BCUT2D eigenvalue weighted by Crippen LogP contribution is -2.14. The van der Waals surface area contributed by atoms with E-state index in [-0.39, 0.29) is 16.1 Å². The smallest absolute Gasteiger partial charge is 0.376 e. The summed E-state index contributed by atoms with van der Waals surface area (Å²) in [6, 6.07) is 4.15. The number of nitrogens with zero attached hydrogens (tertiary/aromatic N) is 2. The number of rotatable bonds is 1. The van der Waals surface area contributed by atoms with E-state index in [0.717, 1.165) is 0 Å². The average Bonchev–Trinajstić information content (AvgIpc) is 2.54. The second-order valence-corrected chi connectivity index (χ2v) is 3.57. The number of aliphatic hydroxyl groups is 1. The number of aliphatic hydroxyl groups excluding tert-OH is 1. The highest BCUT2D eigenvalue weighted by Crippen LogP contribution is 2.31. The molecule has 0 bridgehead atoms. The predicted octanol–water partition coefficient (Wildman–Crippen LogP) is 2.66. The first-order valence-electron chi connectivity index (χ1n) is 4.27. The quantitative estimate of drug-likeness (QED) is 0.845. The summed E-state index contributed by atoms with van der Waals surface area (Å²) in [5.41, 5.74) is 0.299. The van der Waals surface area contributed by atoms with E-state index in [1.54, 1.807) is 0 Å². The van der Waals surface area contributed by atoms with Crippen LogP contribution in [0, 0.1) is 0 Å². The zero-order valence-corrected chi connectivity index (χ0v) is 8.55. The van der Waals surface area contributed by atoms with Crippen molar-refractivity contribution < 1.29 is 18.3 Å². The molecule has 1 N–H and O–H groups in total. The number of aromatic nitrogens is 2. The molecule has 0 radical (unpaired) electrons. The van der Waals surface area contributed by atoms with Gasteiger partial charge >= 0.3 is 6.18 Å². The Labute approximate surface area is 93.1 Å². The average molecular weight is 251 g/mol. The van der Waals surface area contributed by atoms with E-state index in [1.165, 1.54) is 18.2 Å². The van der Waals surface area contributed by atoms with Gasteiger partial charge in [-0.1, -0.05) is 11.6 Å². The van der Waals surface area contributed by atoms with E-state index >= 15 is 0 Å². The number of fused-ring (bicyclic) bond motifs is 1. The first kappa shape index (κ1) is 11.2. The number of benzene rings is 1. The summed E-state index contributed by atoms with van der Waals surface area (Å²) in [6.45, 7) is -0.800. The maximum atomic E-state index is 12.5. The van der Waals surface area contributed by atoms with Crippen LogP contribution in [0.1, 0.15) is 5.82 Å². The lowest BCUT2D eigenvalue weighted by atomic mass is 10.3. The van der Waals surface area contributed by atoms with Gasteiger partial charge in [-0.3, -0.25) is 4.57 Å². The van der Waals surface area contributed by atoms with Crippen molar-refractivity contribution in [2.45, 2.75) is 12.9 Å². The van der Waals surface area contributed by atoms with E-state index in [1.807, 2.05) is 0 Å². The number of alkyl halides is 3. The van der Waals surface area contributed by atoms with Gasteiger partial charge in [0.2, 0.25) is 5.82 Å². The molecule has 2 aromatic rings. The minimum atomic E-state index is -4.60. The van der Waals surface area contributed by atoms with Gasteiger partial charge in [0.05, 0.1) is 11.0 Å². The Bertz CT molecular complexity index is 535. The fraction of sp³-hybridized carbons (Fsp3) is 0.222.